The molecule has 3 heteroatoms. The fourth-order valence-electron chi connectivity index (χ4n) is 6.09. The van der Waals surface area contributed by atoms with Crippen molar-refractivity contribution in [3.8, 4) is 17.2 Å². The van der Waals surface area contributed by atoms with Gasteiger partial charge in [-0.25, -0.2) is 0 Å². The van der Waals surface area contributed by atoms with Crippen LogP contribution in [0.3, 0.4) is 0 Å². The molecular weight excluding hydrogens is 324 g/mol. The number of rotatable bonds is 3. The zero-order valence-corrected chi connectivity index (χ0v) is 16.9. The first-order chi connectivity index (χ1) is 12.4. The average molecular weight is 357 g/mol. The summed E-state index contributed by atoms with van der Waals surface area (Å²) in [7, 11) is 1.75. The molecule has 0 amide bonds. The first-order valence-corrected chi connectivity index (χ1v) is 10.0. The molecule has 3 aliphatic rings. The average Bonchev–Trinajstić information content (AvgIpc) is 3.06. The Morgan fingerprint density at radius 3 is 2.73 bits per heavy atom. The van der Waals surface area contributed by atoms with Crippen molar-refractivity contribution in [2.45, 2.75) is 66.2 Å². The van der Waals surface area contributed by atoms with Crippen LogP contribution in [-0.4, -0.2) is 13.9 Å². The van der Waals surface area contributed by atoms with Crippen LogP contribution in [0, 0.1) is 16.7 Å². The van der Waals surface area contributed by atoms with Crippen molar-refractivity contribution >= 4 is 0 Å². The third-order valence-corrected chi connectivity index (χ3v) is 7.41. The van der Waals surface area contributed by atoms with Crippen LogP contribution < -0.4 is 14.2 Å². The second-order valence-electron chi connectivity index (χ2n) is 9.27. The normalized spacial score (nSPS) is 29.5. The van der Waals surface area contributed by atoms with Gasteiger partial charge < -0.3 is 14.2 Å². The summed E-state index contributed by atoms with van der Waals surface area (Å²) in [5.41, 5.74) is 5.03. The molecule has 0 saturated heterocycles. The summed E-state index contributed by atoms with van der Waals surface area (Å²) in [5, 5.41) is 0. The van der Waals surface area contributed by atoms with Crippen LogP contribution in [0.5, 0.6) is 17.2 Å². The second-order valence-corrected chi connectivity index (χ2v) is 9.27. The SMILES string of the molecule is COc1ccc2c(c1CC1=C(C)CC[C@H]3C(C)(C)CCC[C@]13C)OCO2. The summed E-state index contributed by atoms with van der Waals surface area (Å²) in [6.07, 6.45) is 7.41. The third-order valence-electron chi connectivity index (χ3n) is 7.41. The highest BCUT2D eigenvalue weighted by molar-refractivity contribution is 5.57. The quantitative estimate of drug-likeness (QED) is 0.630. The standard InChI is InChI=1S/C23H32O3/c1-15-7-10-20-22(2,3)11-6-12-23(20,4)17(15)13-16-18(24-5)8-9-19-21(16)26-14-25-19/h8-9,20H,6-7,10-14H2,1-5H3/t20-,23+/m0/s1. The maximum atomic E-state index is 5.83. The molecule has 0 unspecified atom stereocenters. The van der Waals surface area contributed by atoms with Crippen molar-refractivity contribution in [1.82, 2.24) is 0 Å². The van der Waals surface area contributed by atoms with Gasteiger partial charge in [0.2, 0.25) is 6.79 Å². The Bertz CT molecular complexity index is 746. The van der Waals surface area contributed by atoms with Crippen molar-refractivity contribution in [2.75, 3.05) is 13.9 Å². The zero-order valence-electron chi connectivity index (χ0n) is 16.9. The van der Waals surface area contributed by atoms with E-state index in [0.717, 1.165) is 35.2 Å². The molecule has 0 N–H and O–H groups in total. The van der Waals surface area contributed by atoms with E-state index in [1.807, 2.05) is 12.1 Å². The Balaban J connectivity index is 1.77. The zero-order chi connectivity index (χ0) is 18.5. The lowest BCUT2D eigenvalue weighted by molar-refractivity contribution is 0.0111. The lowest BCUT2D eigenvalue weighted by atomic mass is 9.50. The Kier molecular flexibility index (Phi) is 4.24. The van der Waals surface area contributed by atoms with Gasteiger partial charge in [-0.3, -0.25) is 0 Å². The van der Waals surface area contributed by atoms with Gasteiger partial charge in [-0.2, -0.15) is 0 Å². The van der Waals surface area contributed by atoms with Crippen LogP contribution in [0.4, 0.5) is 0 Å². The summed E-state index contributed by atoms with van der Waals surface area (Å²) in [6.45, 7) is 10.1. The van der Waals surface area contributed by atoms with Crippen LogP contribution in [0.2, 0.25) is 0 Å². The molecule has 4 rings (SSSR count). The summed E-state index contributed by atoms with van der Waals surface area (Å²) >= 11 is 0. The highest BCUT2D eigenvalue weighted by atomic mass is 16.7. The number of hydrogen-bond acceptors (Lipinski definition) is 3. The van der Waals surface area contributed by atoms with Crippen LogP contribution in [-0.2, 0) is 6.42 Å². The molecule has 0 spiro atoms. The molecule has 1 heterocycles. The Labute approximate surface area is 157 Å². The molecule has 1 aromatic rings. The van der Waals surface area contributed by atoms with Crippen LogP contribution in [0.1, 0.15) is 65.4 Å². The van der Waals surface area contributed by atoms with Crippen LogP contribution >= 0.6 is 0 Å². The minimum absolute atomic E-state index is 0.275. The number of hydrogen-bond donors (Lipinski definition) is 0. The molecule has 142 valence electrons. The lowest BCUT2D eigenvalue weighted by Crippen LogP contribution is -2.45. The van der Waals surface area contributed by atoms with E-state index in [4.69, 9.17) is 14.2 Å². The topological polar surface area (TPSA) is 27.7 Å². The van der Waals surface area contributed by atoms with Crippen LogP contribution in [0.25, 0.3) is 0 Å². The molecule has 26 heavy (non-hydrogen) atoms. The van der Waals surface area contributed by atoms with Gasteiger partial charge in [0, 0.05) is 12.0 Å². The maximum absolute atomic E-state index is 5.83. The lowest BCUT2D eigenvalue weighted by Gasteiger charge is -2.55. The van der Waals surface area contributed by atoms with Crippen molar-refractivity contribution in [1.29, 1.82) is 0 Å². The minimum atomic E-state index is 0.275. The third kappa shape index (κ3) is 2.62. The summed E-state index contributed by atoms with van der Waals surface area (Å²) in [4.78, 5) is 0. The van der Waals surface area contributed by atoms with Gasteiger partial charge in [0.1, 0.15) is 5.75 Å². The second kappa shape index (κ2) is 6.21. The molecule has 2 aliphatic carbocycles. The Morgan fingerprint density at radius 1 is 1.15 bits per heavy atom. The number of fused-ring (bicyclic) bond motifs is 2. The van der Waals surface area contributed by atoms with Gasteiger partial charge in [0.15, 0.2) is 11.5 Å². The molecule has 1 saturated carbocycles. The van der Waals surface area contributed by atoms with Crippen LogP contribution in [0.15, 0.2) is 23.3 Å². The predicted octanol–water partition coefficient (Wildman–Crippen LogP) is 5.91. The highest BCUT2D eigenvalue weighted by Crippen LogP contribution is 2.60. The van der Waals surface area contributed by atoms with Crippen molar-refractivity contribution in [2.24, 2.45) is 16.7 Å². The van der Waals surface area contributed by atoms with E-state index in [9.17, 15) is 0 Å². The number of allylic oxidation sites excluding steroid dienone is 2. The van der Waals surface area contributed by atoms with E-state index < -0.39 is 0 Å². The fraction of sp³-hybridized carbons (Fsp3) is 0.652. The summed E-state index contributed by atoms with van der Waals surface area (Å²) < 4.78 is 17.2. The molecular formula is C23H32O3. The molecule has 0 aromatic heterocycles. The van der Waals surface area contributed by atoms with Crippen molar-refractivity contribution in [3.05, 3.63) is 28.8 Å². The van der Waals surface area contributed by atoms with Crippen molar-refractivity contribution in [3.63, 3.8) is 0 Å². The summed E-state index contributed by atoms with van der Waals surface area (Å²) in [5.74, 6) is 3.39. The molecule has 3 nitrogen and oxygen atoms in total. The van der Waals surface area contributed by atoms with E-state index in [1.165, 1.54) is 32.1 Å². The smallest absolute Gasteiger partial charge is 0.231 e. The van der Waals surface area contributed by atoms with Gasteiger partial charge >= 0.3 is 0 Å². The molecule has 2 atom stereocenters. The molecule has 0 radical (unpaired) electrons. The van der Waals surface area contributed by atoms with Crippen molar-refractivity contribution < 1.29 is 14.2 Å². The Hall–Kier alpha value is -1.64. The predicted molar refractivity (Wildman–Crippen MR) is 104 cm³/mol. The maximum Gasteiger partial charge on any atom is 0.231 e. The van der Waals surface area contributed by atoms with E-state index in [0.29, 0.717) is 12.2 Å². The van der Waals surface area contributed by atoms with E-state index >= 15 is 0 Å². The van der Waals surface area contributed by atoms with Gasteiger partial charge in [-0.1, -0.05) is 38.3 Å². The largest absolute Gasteiger partial charge is 0.496 e. The molecule has 1 aromatic carbocycles. The van der Waals surface area contributed by atoms with Gasteiger partial charge in [0.05, 0.1) is 7.11 Å². The highest BCUT2D eigenvalue weighted by Gasteiger charge is 2.50. The van der Waals surface area contributed by atoms with Gasteiger partial charge in [-0.05, 0) is 61.5 Å². The number of ether oxygens (including phenoxy) is 3. The van der Waals surface area contributed by atoms with E-state index in [-0.39, 0.29) is 5.41 Å². The van der Waals surface area contributed by atoms with Gasteiger partial charge in [-0.15, -0.1) is 0 Å². The fourth-order valence-corrected chi connectivity index (χ4v) is 6.09. The first kappa shape index (κ1) is 17.8. The summed E-state index contributed by atoms with van der Waals surface area (Å²) in [6, 6.07) is 3.98. The first-order valence-electron chi connectivity index (χ1n) is 10.0. The number of methoxy groups -OCH3 is 1. The van der Waals surface area contributed by atoms with E-state index in [2.05, 4.69) is 27.7 Å². The molecule has 1 fully saturated rings. The van der Waals surface area contributed by atoms with E-state index in [1.54, 1.807) is 18.3 Å². The number of benzene rings is 1. The Morgan fingerprint density at radius 2 is 1.96 bits per heavy atom. The van der Waals surface area contributed by atoms with Gasteiger partial charge in [0.25, 0.3) is 0 Å². The molecule has 0 bridgehead atoms. The minimum Gasteiger partial charge on any atom is -0.496 e. The monoisotopic (exact) mass is 356 g/mol. The molecule has 1 aliphatic heterocycles.